The second-order valence-corrected chi connectivity index (χ2v) is 8.54. The van der Waals surface area contributed by atoms with E-state index in [2.05, 4.69) is 0 Å². The average molecular weight is 462 g/mol. The van der Waals surface area contributed by atoms with E-state index in [1.807, 2.05) is 0 Å². The summed E-state index contributed by atoms with van der Waals surface area (Å²) in [5.41, 5.74) is 0.819. The number of hydrogen-bond acceptors (Lipinski definition) is 3. The van der Waals surface area contributed by atoms with Crippen LogP contribution in [0.3, 0.4) is 0 Å². The minimum absolute atomic E-state index is 0.0129. The van der Waals surface area contributed by atoms with Crippen molar-refractivity contribution < 1.29 is 23.2 Å². The maximum absolute atomic E-state index is 14.3. The van der Waals surface area contributed by atoms with Gasteiger partial charge in [0.1, 0.15) is 11.6 Å². The Morgan fingerprint density at radius 2 is 1.66 bits per heavy atom. The molecule has 0 saturated carbocycles. The lowest BCUT2D eigenvalue weighted by Gasteiger charge is -2.36. The highest BCUT2D eigenvalue weighted by atomic mass is 35.5. The molecular formula is C23H22ClF2N3O3. The smallest absolute Gasteiger partial charge is 0.257 e. The number of nitrogens with zero attached hydrogens (tertiary/aromatic N) is 3. The molecule has 2 heterocycles. The predicted octanol–water partition coefficient (Wildman–Crippen LogP) is 3.26. The van der Waals surface area contributed by atoms with Crippen LogP contribution in [0, 0.1) is 24.5 Å². The second kappa shape index (κ2) is 8.86. The molecule has 3 amide bonds. The van der Waals surface area contributed by atoms with Gasteiger partial charge in [0.05, 0.1) is 17.2 Å². The molecular weight excluding hydrogens is 440 g/mol. The van der Waals surface area contributed by atoms with Crippen molar-refractivity contribution in [2.24, 2.45) is 5.92 Å². The molecule has 2 aliphatic rings. The normalized spacial score (nSPS) is 18.9. The molecule has 0 aromatic heterocycles. The zero-order chi connectivity index (χ0) is 23.0. The molecule has 2 aliphatic heterocycles. The maximum Gasteiger partial charge on any atom is 0.257 e. The molecule has 9 heteroatoms. The lowest BCUT2D eigenvalue weighted by molar-refractivity contribution is -0.137. The minimum atomic E-state index is -0.647. The first-order chi connectivity index (χ1) is 15.2. The average Bonchev–Trinajstić information content (AvgIpc) is 3.16. The van der Waals surface area contributed by atoms with Crippen molar-refractivity contribution >= 4 is 35.0 Å². The molecule has 2 aromatic carbocycles. The summed E-state index contributed by atoms with van der Waals surface area (Å²) in [6.07, 6.45) is 0.0129. The number of aryl methyl sites for hydroxylation is 1. The van der Waals surface area contributed by atoms with Crippen molar-refractivity contribution in [3.63, 3.8) is 0 Å². The minimum Gasteiger partial charge on any atom is -0.339 e. The Balaban J connectivity index is 1.38. The number of carbonyl (C=O) groups excluding carboxylic acids is 3. The van der Waals surface area contributed by atoms with Crippen LogP contribution in [0.25, 0.3) is 0 Å². The molecule has 0 spiro atoms. The Kier molecular flexibility index (Phi) is 6.15. The van der Waals surface area contributed by atoms with Crippen LogP contribution < -0.4 is 4.90 Å². The fourth-order valence-corrected chi connectivity index (χ4v) is 4.33. The van der Waals surface area contributed by atoms with Gasteiger partial charge in [0.2, 0.25) is 11.8 Å². The van der Waals surface area contributed by atoms with E-state index in [0.29, 0.717) is 0 Å². The number of carbonyl (C=O) groups is 3. The molecule has 32 heavy (non-hydrogen) atoms. The number of benzene rings is 2. The molecule has 4 rings (SSSR count). The van der Waals surface area contributed by atoms with Crippen LogP contribution in [0.1, 0.15) is 22.3 Å². The standard InChI is InChI=1S/C23H22ClF2N3O3/c1-14-2-5-20(19(26)10-14)29-13-15(11-21(29)30)22(31)27-6-8-28(9-7-27)23(32)17-12-16(24)3-4-18(17)25/h2-5,10,12,15H,6-9,11,13H2,1H3. The zero-order valence-corrected chi connectivity index (χ0v) is 18.2. The van der Waals surface area contributed by atoms with E-state index in [-0.39, 0.29) is 67.2 Å². The van der Waals surface area contributed by atoms with Gasteiger partial charge in [-0.25, -0.2) is 8.78 Å². The number of piperazine rings is 1. The summed E-state index contributed by atoms with van der Waals surface area (Å²) in [6.45, 7) is 2.91. The van der Waals surface area contributed by atoms with Crippen LogP contribution in [-0.4, -0.2) is 60.2 Å². The fraction of sp³-hybridized carbons (Fsp3) is 0.348. The molecule has 6 nitrogen and oxygen atoms in total. The summed E-state index contributed by atoms with van der Waals surface area (Å²) < 4.78 is 28.3. The van der Waals surface area contributed by atoms with Crippen molar-refractivity contribution in [3.8, 4) is 0 Å². The Morgan fingerprint density at radius 1 is 0.969 bits per heavy atom. The van der Waals surface area contributed by atoms with E-state index >= 15 is 0 Å². The van der Waals surface area contributed by atoms with Crippen LogP contribution in [0.4, 0.5) is 14.5 Å². The number of anilines is 1. The number of amides is 3. The number of hydrogen-bond donors (Lipinski definition) is 0. The molecule has 2 saturated heterocycles. The van der Waals surface area contributed by atoms with Crippen LogP contribution in [0.5, 0.6) is 0 Å². The fourth-order valence-electron chi connectivity index (χ4n) is 4.16. The highest BCUT2D eigenvalue weighted by Crippen LogP contribution is 2.29. The molecule has 2 fully saturated rings. The van der Waals surface area contributed by atoms with E-state index in [1.165, 1.54) is 28.0 Å². The molecule has 1 atom stereocenters. The van der Waals surface area contributed by atoms with Gasteiger partial charge in [-0.05, 0) is 42.8 Å². The Bertz CT molecular complexity index is 1090. The summed E-state index contributed by atoms with van der Waals surface area (Å²) in [5, 5.41) is 0.268. The summed E-state index contributed by atoms with van der Waals surface area (Å²) in [5.74, 6) is -2.69. The number of rotatable bonds is 3. The van der Waals surface area contributed by atoms with Gasteiger partial charge in [-0.3, -0.25) is 14.4 Å². The molecule has 168 valence electrons. The highest BCUT2D eigenvalue weighted by Gasteiger charge is 2.39. The largest absolute Gasteiger partial charge is 0.339 e. The summed E-state index contributed by atoms with van der Waals surface area (Å²) >= 11 is 5.88. The maximum atomic E-state index is 14.3. The first-order valence-corrected chi connectivity index (χ1v) is 10.7. The van der Waals surface area contributed by atoms with Crippen molar-refractivity contribution in [3.05, 3.63) is 64.2 Å². The zero-order valence-electron chi connectivity index (χ0n) is 17.5. The van der Waals surface area contributed by atoms with Crippen molar-refractivity contribution in [2.75, 3.05) is 37.6 Å². The summed E-state index contributed by atoms with van der Waals surface area (Å²) in [4.78, 5) is 42.5. The Labute approximate surface area is 189 Å². The topological polar surface area (TPSA) is 60.9 Å². The third-order valence-electron chi connectivity index (χ3n) is 5.91. The van der Waals surface area contributed by atoms with Gasteiger partial charge in [0.15, 0.2) is 0 Å². The van der Waals surface area contributed by atoms with Gasteiger partial charge in [0, 0.05) is 44.2 Å². The van der Waals surface area contributed by atoms with E-state index in [4.69, 9.17) is 11.6 Å². The SMILES string of the molecule is Cc1ccc(N2CC(C(=O)N3CCN(C(=O)c4cc(Cl)ccc4F)CC3)CC2=O)c(F)c1. The van der Waals surface area contributed by atoms with Gasteiger partial charge in [-0.2, -0.15) is 0 Å². The Hall–Kier alpha value is -3.00. The number of halogens is 3. The van der Waals surface area contributed by atoms with Crippen molar-refractivity contribution in [2.45, 2.75) is 13.3 Å². The van der Waals surface area contributed by atoms with Crippen LogP contribution in [0.15, 0.2) is 36.4 Å². The molecule has 2 aromatic rings. The van der Waals surface area contributed by atoms with Crippen molar-refractivity contribution in [1.82, 2.24) is 9.80 Å². The van der Waals surface area contributed by atoms with E-state index < -0.39 is 23.5 Å². The van der Waals surface area contributed by atoms with Crippen LogP contribution in [-0.2, 0) is 9.59 Å². The first-order valence-electron chi connectivity index (χ1n) is 10.3. The molecule has 0 aliphatic carbocycles. The third-order valence-corrected chi connectivity index (χ3v) is 6.14. The van der Waals surface area contributed by atoms with Gasteiger partial charge >= 0.3 is 0 Å². The van der Waals surface area contributed by atoms with Gasteiger partial charge in [-0.1, -0.05) is 17.7 Å². The summed E-state index contributed by atoms with van der Waals surface area (Å²) in [6, 6.07) is 8.44. The molecule has 1 unspecified atom stereocenters. The highest BCUT2D eigenvalue weighted by molar-refractivity contribution is 6.31. The van der Waals surface area contributed by atoms with Gasteiger partial charge in [0.25, 0.3) is 5.91 Å². The monoisotopic (exact) mass is 461 g/mol. The molecule has 0 radical (unpaired) electrons. The predicted molar refractivity (Wildman–Crippen MR) is 115 cm³/mol. The Morgan fingerprint density at radius 3 is 2.34 bits per heavy atom. The van der Waals surface area contributed by atoms with E-state index in [0.717, 1.165) is 11.6 Å². The van der Waals surface area contributed by atoms with Crippen LogP contribution >= 0.6 is 11.6 Å². The third kappa shape index (κ3) is 4.32. The van der Waals surface area contributed by atoms with Crippen LogP contribution in [0.2, 0.25) is 5.02 Å². The first kappa shape index (κ1) is 22.2. The van der Waals surface area contributed by atoms with E-state index in [1.54, 1.807) is 24.0 Å². The van der Waals surface area contributed by atoms with Crippen molar-refractivity contribution in [1.29, 1.82) is 0 Å². The summed E-state index contributed by atoms with van der Waals surface area (Å²) in [7, 11) is 0. The molecule has 0 N–H and O–H groups in total. The second-order valence-electron chi connectivity index (χ2n) is 8.10. The molecule has 0 bridgehead atoms. The van der Waals surface area contributed by atoms with Gasteiger partial charge < -0.3 is 14.7 Å². The quantitative estimate of drug-likeness (QED) is 0.705. The lowest BCUT2D eigenvalue weighted by atomic mass is 10.1. The van der Waals surface area contributed by atoms with E-state index in [9.17, 15) is 23.2 Å². The lowest BCUT2D eigenvalue weighted by Crippen LogP contribution is -2.52. The van der Waals surface area contributed by atoms with Gasteiger partial charge in [-0.15, -0.1) is 0 Å².